The molecule has 0 spiro atoms. The molecule has 0 radical (unpaired) electrons. The fourth-order valence-electron chi connectivity index (χ4n) is 2.75. The van der Waals surface area contributed by atoms with Gasteiger partial charge in [-0.25, -0.2) is 4.68 Å². The number of nitrogens with zero attached hydrogens (tertiary/aromatic N) is 5. The van der Waals surface area contributed by atoms with Gasteiger partial charge in [-0.1, -0.05) is 58.0 Å². The van der Waals surface area contributed by atoms with Gasteiger partial charge in [-0.15, -0.1) is 10.2 Å². The number of nitriles is 1. The number of nitrogen functional groups attached to an aromatic ring is 1. The van der Waals surface area contributed by atoms with Crippen LogP contribution >= 0.6 is 27.7 Å². The van der Waals surface area contributed by atoms with Crippen LogP contribution in [0.5, 0.6) is 0 Å². The van der Waals surface area contributed by atoms with Crippen molar-refractivity contribution in [3.05, 3.63) is 59.1 Å². The van der Waals surface area contributed by atoms with E-state index in [9.17, 15) is 4.79 Å². The number of aromatic nitrogens is 3. The Morgan fingerprint density at radius 1 is 1.24 bits per heavy atom. The first-order valence-electron chi connectivity index (χ1n) is 8.88. The Morgan fingerprint density at radius 3 is 2.62 bits per heavy atom. The van der Waals surface area contributed by atoms with Crippen LogP contribution in [0.15, 0.2) is 64.2 Å². The molecule has 2 N–H and O–H groups in total. The maximum atomic E-state index is 13.1. The molecule has 0 saturated heterocycles. The summed E-state index contributed by atoms with van der Waals surface area (Å²) in [4.78, 5) is 14.7. The summed E-state index contributed by atoms with van der Waals surface area (Å²) in [7, 11) is 0. The van der Waals surface area contributed by atoms with Crippen LogP contribution in [0.1, 0.15) is 13.3 Å². The van der Waals surface area contributed by atoms with Gasteiger partial charge in [0.05, 0.1) is 17.7 Å². The Bertz CT molecular complexity index is 1030. The van der Waals surface area contributed by atoms with Crippen LogP contribution in [0.3, 0.4) is 0 Å². The number of para-hydroxylation sites is 1. The summed E-state index contributed by atoms with van der Waals surface area (Å²) in [5.74, 6) is 6.58. The smallest absolute Gasteiger partial charge is 0.240 e. The maximum Gasteiger partial charge on any atom is 0.240 e. The Morgan fingerprint density at radius 2 is 1.93 bits per heavy atom. The minimum atomic E-state index is -0.465. The Hall–Kier alpha value is -2.83. The molecule has 1 atom stereocenters. The molecule has 0 unspecified atom stereocenters. The number of hydrogen-bond donors (Lipinski definition) is 1. The van der Waals surface area contributed by atoms with Crippen LogP contribution in [0.4, 0.5) is 5.69 Å². The van der Waals surface area contributed by atoms with Gasteiger partial charge in [0.2, 0.25) is 11.1 Å². The van der Waals surface area contributed by atoms with Crippen molar-refractivity contribution in [2.75, 3.05) is 17.3 Å². The minimum absolute atomic E-state index is 0.123. The third-order valence-electron chi connectivity index (χ3n) is 4.19. The number of halogens is 1. The number of amides is 1. The van der Waals surface area contributed by atoms with Gasteiger partial charge in [0.1, 0.15) is 0 Å². The van der Waals surface area contributed by atoms with Crippen molar-refractivity contribution in [2.24, 2.45) is 0 Å². The molecule has 3 aromatic rings. The number of anilines is 1. The monoisotopic (exact) mass is 470 g/mol. The van der Waals surface area contributed by atoms with Gasteiger partial charge in [-0.2, -0.15) is 5.26 Å². The van der Waals surface area contributed by atoms with E-state index >= 15 is 0 Å². The molecule has 0 aliphatic heterocycles. The van der Waals surface area contributed by atoms with Gasteiger partial charge < -0.3 is 10.7 Å². The lowest BCUT2D eigenvalue weighted by atomic mass is 10.2. The molecule has 0 saturated carbocycles. The van der Waals surface area contributed by atoms with Crippen LogP contribution in [-0.4, -0.2) is 32.6 Å². The lowest BCUT2D eigenvalue weighted by molar-refractivity contribution is -0.117. The number of carbonyl (C=O) groups is 1. The van der Waals surface area contributed by atoms with Crippen molar-refractivity contribution in [1.82, 2.24) is 14.9 Å². The maximum absolute atomic E-state index is 13.1. The quantitative estimate of drug-likeness (QED) is 0.415. The van der Waals surface area contributed by atoms with E-state index in [-0.39, 0.29) is 12.3 Å². The molecule has 0 bridgehead atoms. The van der Waals surface area contributed by atoms with Gasteiger partial charge in [0.15, 0.2) is 5.82 Å². The van der Waals surface area contributed by atoms with E-state index < -0.39 is 5.25 Å². The average molecular weight is 471 g/mol. The zero-order valence-corrected chi connectivity index (χ0v) is 18.1. The number of carbonyl (C=O) groups excluding carboxylic acids is 1. The lowest BCUT2D eigenvalue weighted by Crippen LogP contribution is -2.37. The molecule has 3 rings (SSSR count). The highest BCUT2D eigenvalue weighted by Gasteiger charge is 2.25. The Labute approximate surface area is 181 Å². The molecule has 0 aliphatic carbocycles. The molecule has 148 valence electrons. The van der Waals surface area contributed by atoms with Crippen molar-refractivity contribution in [2.45, 2.75) is 23.8 Å². The SMILES string of the molecule is C[C@H](Sc1nnc(-c2ccccc2Br)n1N)C(=O)N(CCC#N)c1ccccc1. The second-order valence-electron chi connectivity index (χ2n) is 6.15. The van der Waals surface area contributed by atoms with Crippen LogP contribution in [0.25, 0.3) is 11.4 Å². The molecular formula is C20H19BrN6OS. The van der Waals surface area contributed by atoms with E-state index in [0.29, 0.717) is 17.5 Å². The zero-order valence-electron chi connectivity index (χ0n) is 15.7. The first-order chi connectivity index (χ1) is 14.0. The Balaban J connectivity index is 1.80. The van der Waals surface area contributed by atoms with Crippen molar-refractivity contribution < 1.29 is 4.79 Å². The summed E-state index contributed by atoms with van der Waals surface area (Å²) in [6.07, 6.45) is 0.247. The fraction of sp³-hybridized carbons (Fsp3) is 0.200. The first-order valence-corrected chi connectivity index (χ1v) is 10.6. The van der Waals surface area contributed by atoms with Gasteiger partial charge in [-0.3, -0.25) is 4.79 Å². The van der Waals surface area contributed by atoms with Gasteiger partial charge in [0, 0.05) is 22.3 Å². The largest absolute Gasteiger partial charge is 0.335 e. The molecule has 1 amide bonds. The van der Waals surface area contributed by atoms with Gasteiger partial charge >= 0.3 is 0 Å². The average Bonchev–Trinajstić information content (AvgIpc) is 3.09. The van der Waals surface area contributed by atoms with E-state index in [1.807, 2.05) is 54.6 Å². The number of thioether (sulfide) groups is 1. The van der Waals surface area contributed by atoms with Crippen LogP contribution in [0.2, 0.25) is 0 Å². The molecule has 2 aromatic carbocycles. The molecule has 0 fully saturated rings. The summed E-state index contributed by atoms with van der Waals surface area (Å²) >= 11 is 4.72. The predicted molar refractivity (Wildman–Crippen MR) is 118 cm³/mol. The van der Waals surface area contributed by atoms with Gasteiger partial charge in [-0.05, 0) is 31.2 Å². The fourth-order valence-corrected chi connectivity index (χ4v) is 4.04. The van der Waals surface area contributed by atoms with Crippen molar-refractivity contribution >= 4 is 39.3 Å². The van der Waals surface area contributed by atoms with Gasteiger partial charge in [0.25, 0.3) is 0 Å². The van der Waals surface area contributed by atoms with E-state index in [1.165, 1.54) is 16.4 Å². The summed E-state index contributed by atoms with van der Waals surface area (Å²) in [6, 6.07) is 19.0. The summed E-state index contributed by atoms with van der Waals surface area (Å²) in [6.45, 7) is 2.11. The van der Waals surface area contributed by atoms with Crippen molar-refractivity contribution in [1.29, 1.82) is 5.26 Å². The highest BCUT2D eigenvalue weighted by Crippen LogP contribution is 2.30. The van der Waals surface area contributed by atoms with Crippen molar-refractivity contribution in [3.8, 4) is 17.5 Å². The standard InChI is InChI=1S/C20H19BrN6OS/c1-14(19(28)26(13-7-12-22)15-8-3-2-4-9-15)29-20-25-24-18(27(20)23)16-10-5-6-11-17(16)21/h2-6,8-11,14H,7,13,23H2,1H3/t14-/m0/s1. The molecule has 29 heavy (non-hydrogen) atoms. The zero-order chi connectivity index (χ0) is 20.8. The second kappa shape index (κ2) is 9.58. The number of benzene rings is 2. The van der Waals surface area contributed by atoms with Crippen molar-refractivity contribution in [3.63, 3.8) is 0 Å². The highest BCUT2D eigenvalue weighted by molar-refractivity contribution is 9.10. The summed E-state index contributed by atoms with van der Waals surface area (Å²) in [5, 5.41) is 17.3. The molecule has 1 aromatic heterocycles. The predicted octanol–water partition coefficient (Wildman–Crippen LogP) is 3.85. The minimum Gasteiger partial charge on any atom is -0.335 e. The number of rotatable bonds is 7. The molecule has 7 nitrogen and oxygen atoms in total. The third-order valence-corrected chi connectivity index (χ3v) is 5.93. The number of nitrogens with two attached hydrogens (primary N) is 1. The lowest BCUT2D eigenvalue weighted by Gasteiger charge is -2.24. The second-order valence-corrected chi connectivity index (χ2v) is 8.31. The molecule has 0 aliphatic rings. The first kappa shape index (κ1) is 20.9. The topological polar surface area (TPSA) is 101 Å². The van der Waals surface area contributed by atoms with E-state index in [0.717, 1.165) is 15.7 Å². The van der Waals surface area contributed by atoms with Crippen LogP contribution < -0.4 is 10.7 Å². The molecule has 1 heterocycles. The van der Waals surface area contributed by atoms with E-state index in [1.54, 1.807) is 11.8 Å². The van der Waals surface area contributed by atoms with Crippen LogP contribution in [-0.2, 0) is 4.79 Å². The van der Waals surface area contributed by atoms with E-state index in [2.05, 4.69) is 32.2 Å². The normalized spacial score (nSPS) is 11.6. The summed E-state index contributed by atoms with van der Waals surface area (Å²) in [5.41, 5.74) is 1.57. The van der Waals surface area contributed by atoms with Crippen LogP contribution in [0, 0.1) is 11.3 Å². The molecular weight excluding hydrogens is 452 g/mol. The van der Waals surface area contributed by atoms with E-state index in [4.69, 9.17) is 11.1 Å². The highest BCUT2D eigenvalue weighted by atomic mass is 79.9. The number of hydrogen-bond acceptors (Lipinski definition) is 6. The molecule has 9 heteroatoms. The third kappa shape index (κ3) is 4.78. The summed E-state index contributed by atoms with van der Waals surface area (Å²) < 4.78 is 2.24. The Kier molecular flexibility index (Phi) is 6.90.